The maximum absolute atomic E-state index is 13.3. The summed E-state index contributed by atoms with van der Waals surface area (Å²) in [6.45, 7) is 4.92. The zero-order valence-electron chi connectivity index (χ0n) is 22.1. The van der Waals surface area contributed by atoms with Gasteiger partial charge in [-0.25, -0.2) is 0 Å². The Morgan fingerprint density at radius 2 is 1.56 bits per heavy atom. The van der Waals surface area contributed by atoms with Crippen molar-refractivity contribution in [2.24, 2.45) is 11.8 Å². The minimum atomic E-state index is -0.490. The van der Waals surface area contributed by atoms with Crippen molar-refractivity contribution < 1.29 is 38.0 Å². The highest BCUT2D eigenvalue weighted by atomic mass is 16.7. The van der Waals surface area contributed by atoms with Crippen molar-refractivity contribution in [3.05, 3.63) is 83.4 Å². The molecule has 1 aliphatic carbocycles. The number of ether oxygens (including phenoxy) is 7. The first-order valence-corrected chi connectivity index (χ1v) is 12.8. The predicted octanol–water partition coefficient (Wildman–Crippen LogP) is 5.15. The Kier molecular flexibility index (Phi) is 6.56. The van der Waals surface area contributed by atoms with Gasteiger partial charge in [-0.05, 0) is 52.1 Å². The summed E-state index contributed by atoms with van der Waals surface area (Å²) in [5.41, 5.74) is 4.53. The van der Waals surface area contributed by atoms with Gasteiger partial charge in [0.25, 0.3) is 0 Å². The van der Waals surface area contributed by atoms with Crippen molar-refractivity contribution in [3.63, 3.8) is 0 Å². The summed E-state index contributed by atoms with van der Waals surface area (Å²) in [7, 11) is 4.71. The van der Waals surface area contributed by atoms with E-state index in [9.17, 15) is 4.79 Å². The van der Waals surface area contributed by atoms with Crippen molar-refractivity contribution in [2.45, 2.75) is 12.0 Å². The molecular weight excluding hydrogens is 500 g/mol. The highest BCUT2D eigenvalue weighted by molar-refractivity contribution is 5.79. The number of rotatable bonds is 8. The van der Waals surface area contributed by atoms with Gasteiger partial charge in [0.15, 0.2) is 23.0 Å². The van der Waals surface area contributed by atoms with Gasteiger partial charge in [0, 0.05) is 11.8 Å². The molecule has 4 atom stereocenters. The SMILES string of the molecule is C=C(COC1c2cc3c(cc2[C@@H](c2cc(OC)c(OC)c(OC)c2)[C@H]2C(=O)OC[C@H]12)OCO3)c1ccccc1. The van der Waals surface area contributed by atoms with Crippen molar-refractivity contribution >= 4 is 11.5 Å². The normalized spacial score (nSPS) is 22.5. The molecule has 1 unspecified atom stereocenters. The summed E-state index contributed by atoms with van der Waals surface area (Å²) in [5, 5.41) is 0. The molecule has 0 spiro atoms. The Morgan fingerprint density at radius 1 is 0.897 bits per heavy atom. The molecule has 0 N–H and O–H groups in total. The van der Waals surface area contributed by atoms with E-state index in [4.69, 9.17) is 33.2 Å². The molecule has 202 valence electrons. The first kappa shape index (κ1) is 25.1. The zero-order valence-corrected chi connectivity index (χ0v) is 22.1. The number of fused-ring (bicyclic) bond motifs is 3. The number of hydrogen-bond donors (Lipinski definition) is 0. The van der Waals surface area contributed by atoms with Crippen LogP contribution in [0.2, 0.25) is 0 Å². The van der Waals surface area contributed by atoms with Gasteiger partial charge in [0.05, 0.1) is 46.6 Å². The monoisotopic (exact) mass is 530 g/mol. The molecule has 6 rings (SSSR count). The van der Waals surface area contributed by atoms with Crippen LogP contribution >= 0.6 is 0 Å². The first-order chi connectivity index (χ1) is 19.0. The summed E-state index contributed by atoms with van der Waals surface area (Å²) in [5.74, 6) is 1.44. The summed E-state index contributed by atoms with van der Waals surface area (Å²) in [6, 6.07) is 17.6. The molecule has 1 saturated heterocycles. The fourth-order valence-corrected chi connectivity index (χ4v) is 5.95. The van der Waals surface area contributed by atoms with Crippen molar-refractivity contribution in [2.75, 3.05) is 41.3 Å². The minimum Gasteiger partial charge on any atom is -0.493 e. The Balaban J connectivity index is 1.47. The van der Waals surface area contributed by atoms with E-state index >= 15 is 0 Å². The number of carbonyl (C=O) groups excluding carboxylic acids is 1. The van der Waals surface area contributed by atoms with E-state index in [-0.39, 0.29) is 31.2 Å². The lowest BCUT2D eigenvalue weighted by molar-refractivity contribution is -0.141. The highest BCUT2D eigenvalue weighted by Gasteiger charge is 2.53. The van der Waals surface area contributed by atoms with E-state index in [1.54, 1.807) is 21.3 Å². The third-order valence-corrected chi connectivity index (χ3v) is 7.78. The van der Waals surface area contributed by atoms with E-state index in [0.717, 1.165) is 27.8 Å². The second kappa shape index (κ2) is 10.2. The van der Waals surface area contributed by atoms with Gasteiger partial charge in [-0.15, -0.1) is 0 Å². The first-order valence-electron chi connectivity index (χ1n) is 12.8. The topological polar surface area (TPSA) is 81.7 Å². The average Bonchev–Trinajstić information content (AvgIpc) is 3.59. The predicted molar refractivity (Wildman–Crippen MR) is 143 cm³/mol. The van der Waals surface area contributed by atoms with Crippen LogP contribution in [0.3, 0.4) is 0 Å². The van der Waals surface area contributed by atoms with Gasteiger partial charge in [-0.2, -0.15) is 0 Å². The number of methoxy groups -OCH3 is 3. The molecule has 0 radical (unpaired) electrons. The van der Waals surface area contributed by atoms with Crippen LogP contribution in [0.5, 0.6) is 28.7 Å². The van der Waals surface area contributed by atoms with E-state index in [2.05, 4.69) is 6.58 Å². The van der Waals surface area contributed by atoms with Crippen molar-refractivity contribution in [1.29, 1.82) is 0 Å². The van der Waals surface area contributed by atoms with Crippen LogP contribution in [0.1, 0.15) is 34.3 Å². The fourth-order valence-electron chi connectivity index (χ4n) is 5.95. The van der Waals surface area contributed by atoms with E-state index in [0.29, 0.717) is 35.4 Å². The molecule has 3 aliphatic rings. The van der Waals surface area contributed by atoms with Crippen LogP contribution in [0.4, 0.5) is 0 Å². The largest absolute Gasteiger partial charge is 0.493 e. The molecule has 1 fully saturated rings. The van der Waals surface area contributed by atoms with E-state index in [1.165, 1.54) is 0 Å². The third-order valence-electron chi connectivity index (χ3n) is 7.78. The summed E-state index contributed by atoms with van der Waals surface area (Å²) < 4.78 is 40.5. The molecule has 8 heteroatoms. The lowest BCUT2D eigenvalue weighted by atomic mass is 9.66. The summed E-state index contributed by atoms with van der Waals surface area (Å²) >= 11 is 0. The van der Waals surface area contributed by atoms with Gasteiger partial charge in [-0.1, -0.05) is 36.9 Å². The molecular formula is C31H30O8. The molecule has 8 nitrogen and oxygen atoms in total. The van der Waals surface area contributed by atoms with Crippen molar-refractivity contribution in [1.82, 2.24) is 0 Å². The van der Waals surface area contributed by atoms with Crippen molar-refractivity contribution in [3.8, 4) is 28.7 Å². The van der Waals surface area contributed by atoms with Gasteiger partial charge in [-0.3, -0.25) is 4.79 Å². The maximum Gasteiger partial charge on any atom is 0.310 e. The third kappa shape index (κ3) is 4.25. The van der Waals surface area contributed by atoms with E-state index in [1.807, 2.05) is 54.6 Å². The van der Waals surface area contributed by atoms with Crippen LogP contribution in [-0.4, -0.2) is 47.3 Å². The summed E-state index contributed by atoms with van der Waals surface area (Å²) in [4.78, 5) is 13.3. The standard InChI is InChI=1S/C31H30O8/c1-17(18-8-6-5-7-9-18)14-36-29-21-13-24-23(38-16-39-24)12-20(21)27(28-22(29)15-37-31(28)32)19-10-25(33-2)30(35-4)26(11-19)34-3/h5-13,22,27-29H,1,14-16H2,2-4H3/t22-,27+,28-,29?/m0/s1. The maximum atomic E-state index is 13.3. The fraction of sp³-hybridized carbons (Fsp3) is 0.323. The van der Waals surface area contributed by atoms with E-state index < -0.39 is 12.0 Å². The Bertz CT molecular complexity index is 1390. The van der Waals surface area contributed by atoms with Gasteiger partial charge in [0.1, 0.15) is 0 Å². The van der Waals surface area contributed by atoms with Crippen LogP contribution in [0.15, 0.2) is 61.2 Å². The Labute approximate surface area is 227 Å². The Morgan fingerprint density at radius 3 is 2.21 bits per heavy atom. The minimum absolute atomic E-state index is 0.137. The number of carbonyl (C=O) groups is 1. The average molecular weight is 531 g/mol. The molecule has 3 aromatic rings. The molecule has 0 bridgehead atoms. The lowest BCUT2D eigenvalue weighted by Crippen LogP contribution is -2.36. The number of cyclic esters (lactones) is 1. The van der Waals surface area contributed by atoms with Crippen LogP contribution < -0.4 is 23.7 Å². The molecule has 0 saturated carbocycles. The second-order valence-electron chi connectivity index (χ2n) is 9.79. The second-order valence-corrected chi connectivity index (χ2v) is 9.79. The molecule has 2 aliphatic heterocycles. The van der Waals surface area contributed by atoms with Gasteiger partial charge >= 0.3 is 5.97 Å². The quantitative estimate of drug-likeness (QED) is 0.370. The van der Waals surface area contributed by atoms with Gasteiger partial charge in [0.2, 0.25) is 12.5 Å². The van der Waals surface area contributed by atoms with Gasteiger partial charge < -0.3 is 33.2 Å². The smallest absolute Gasteiger partial charge is 0.310 e. The molecule has 2 heterocycles. The number of benzene rings is 3. The number of hydrogen-bond acceptors (Lipinski definition) is 8. The number of esters is 1. The lowest BCUT2D eigenvalue weighted by Gasteiger charge is -2.39. The molecule has 0 amide bonds. The zero-order chi connectivity index (χ0) is 27.1. The molecule has 39 heavy (non-hydrogen) atoms. The summed E-state index contributed by atoms with van der Waals surface area (Å²) in [6.07, 6.45) is -0.412. The van der Waals surface area contributed by atoms with Crippen LogP contribution in [0.25, 0.3) is 5.57 Å². The Hall–Kier alpha value is -4.17. The molecule has 0 aromatic heterocycles. The van der Waals surface area contributed by atoms with Crippen LogP contribution in [-0.2, 0) is 14.3 Å². The molecule has 3 aromatic carbocycles. The van der Waals surface area contributed by atoms with Crippen LogP contribution in [0, 0.1) is 11.8 Å². The highest BCUT2D eigenvalue weighted by Crippen LogP contribution is 2.56.